The molecule has 1 heterocycles. The Morgan fingerprint density at radius 3 is 2.66 bits per heavy atom. The number of carbonyl (C=O) groups is 2. The van der Waals surface area contributed by atoms with Gasteiger partial charge in [-0.25, -0.2) is 4.39 Å². The molecule has 1 N–H and O–H groups in total. The summed E-state index contributed by atoms with van der Waals surface area (Å²) >= 11 is 5.20. The van der Waals surface area contributed by atoms with Gasteiger partial charge in [-0.15, -0.1) is 0 Å². The van der Waals surface area contributed by atoms with Crippen LogP contribution < -0.4 is 15.0 Å². The highest BCUT2D eigenvalue weighted by Gasteiger charge is 2.35. The maximum absolute atomic E-state index is 13.8. The fraction of sp³-hybridized carbons (Fsp3) is 0.160. The van der Waals surface area contributed by atoms with Crippen molar-refractivity contribution in [2.24, 2.45) is 0 Å². The Morgan fingerprint density at radius 1 is 1.12 bits per heavy atom. The van der Waals surface area contributed by atoms with Gasteiger partial charge in [-0.2, -0.15) is 0 Å². The van der Waals surface area contributed by atoms with Crippen molar-refractivity contribution in [2.75, 3.05) is 4.90 Å². The van der Waals surface area contributed by atoms with Crippen molar-refractivity contribution in [1.82, 2.24) is 5.32 Å². The minimum absolute atomic E-state index is 0.0550. The number of amides is 2. The number of hydrogen-bond acceptors (Lipinski definition) is 4. The van der Waals surface area contributed by atoms with Gasteiger partial charge in [0, 0.05) is 5.56 Å². The van der Waals surface area contributed by atoms with Crippen LogP contribution in [0.3, 0.4) is 0 Å². The van der Waals surface area contributed by atoms with Crippen LogP contribution in [-0.2, 0) is 9.59 Å². The summed E-state index contributed by atoms with van der Waals surface area (Å²) in [7, 11) is 0. The Kier molecular flexibility index (Phi) is 6.01. The molecule has 1 aliphatic rings. The predicted molar refractivity (Wildman–Crippen MR) is 127 cm³/mol. The lowest BCUT2D eigenvalue weighted by atomic mass is 9.99. The molecule has 1 aliphatic heterocycles. The van der Waals surface area contributed by atoms with Gasteiger partial charge < -0.3 is 4.74 Å². The summed E-state index contributed by atoms with van der Waals surface area (Å²) in [6.07, 6.45) is 2.26. The number of rotatable bonds is 5. The summed E-state index contributed by atoms with van der Waals surface area (Å²) in [6.45, 7) is 3.97. The highest BCUT2D eigenvalue weighted by Crippen LogP contribution is 2.32. The molecule has 7 heteroatoms. The molecule has 3 aromatic carbocycles. The molecule has 0 radical (unpaired) electrons. The number of benzene rings is 3. The molecule has 0 spiro atoms. The van der Waals surface area contributed by atoms with Crippen molar-refractivity contribution in [3.8, 4) is 5.75 Å². The molecular weight excluding hydrogens is 427 g/mol. The molecule has 0 aliphatic carbocycles. The summed E-state index contributed by atoms with van der Waals surface area (Å²) in [5.74, 6) is -1.20. The Bertz CT molecular complexity index is 1270. The Labute approximate surface area is 190 Å². The number of fused-ring (bicyclic) bond motifs is 1. The standard InChI is InChI=1S/C25H21FN2O3S/c1-3-15(2)31-22-12-11-16-7-4-5-10-19(16)20(22)14-21-23(29)27-25(32)28(24(21)30)18-9-6-8-17(26)13-18/h4-15H,3H2,1-2H3,(H,27,29,32)/b21-14+/t15-/m0/s1. The quantitative estimate of drug-likeness (QED) is 0.340. The first kappa shape index (κ1) is 21.6. The highest BCUT2D eigenvalue weighted by molar-refractivity contribution is 7.80. The molecule has 2 amide bonds. The topological polar surface area (TPSA) is 58.6 Å². The van der Waals surface area contributed by atoms with Crippen LogP contribution in [0, 0.1) is 5.82 Å². The summed E-state index contributed by atoms with van der Waals surface area (Å²) in [4.78, 5) is 27.2. The number of halogens is 1. The minimum Gasteiger partial charge on any atom is -0.490 e. The fourth-order valence-electron chi connectivity index (χ4n) is 3.48. The molecular formula is C25H21FN2O3S. The predicted octanol–water partition coefficient (Wildman–Crippen LogP) is 4.99. The molecule has 4 rings (SSSR count). The second kappa shape index (κ2) is 8.88. The van der Waals surface area contributed by atoms with E-state index in [0.29, 0.717) is 11.3 Å². The van der Waals surface area contributed by atoms with E-state index in [-0.39, 0.29) is 22.5 Å². The van der Waals surface area contributed by atoms with Crippen LogP contribution in [0.5, 0.6) is 5.75 Å². The Morgan fingerprint density at radius 2 is 1.91 bits per heavy atom. The normalized spacial score (nSPS) is 16.4. The summed E-state index contributed by atoms with van der Waals surface area (Å²) in [5, 5.41) is 4.21. The van der Waals surface area contributed by atoms with Crippen LogP contribution >= 0.6 is 12.2 Å². The van der Waals surface area contributed by atoms with E-state index >= 15 is 0 Å². The van der Waals surface area contributed by atoms with E-state index in [2.05, 4.69) is 5.32 Å². The lowest BCUT2D eigenvalue weighted by Gasteiger charge is -2.29. The SMILES string of the molecule is CC[C@H](C)Oc1ccc2ccccc2c1/C=C1\C(=O)NC(=S)N(c2cccc(F)c2)C1=O. The number of anilines is 1. The summed E-state index contributed by atoms with van der Waals surface area (Å²) in [5.41, 5.74) is 0.738. The zero-order valence-corrected chi connectivity index (χ0v) is 18.4. The second-order valence-electron chi connectivity index (χ2n) is 7.47. The third-order valence-corrected chi connectivity index (χ3v) is 5.58. The lowest BCUT2D eigenvalue weighted by Crippen LogP contribution is -2.54. The van der Waals surface area contributed by atoms with Gasteiger partial charge in [0.15, 0.2) is 5.11 Å². The molecule has 1 saturated heterocycles. The summed E-state index contributed by atoms with van der Waals surface area (Å²) in [6, 6.07) is 16.9. The average molecular weight is 449 g/mol. The molecule has 0 aromatic heterocycles. The van der Waals surface area contributed by atoms with Crippen molar-refractivity contribution in [1.29, 1.82) is 0 Å². The third kappa shape index (κ3) is 4.11. The maximum Gasteiger partial charge on any atom is 0.270 e. The van der Waals surface area contributed by atoms with Crippen molar-refractivity contribution >= 4 is 51.7 Å². The Hall–Kier alpha value is -3.58. The van der Waals surface area contributed by atoms with Crippen molar-refractivity contribution in [2.45, 2.75) is 26.4 Å². The van der Waals surface area contributed by atoms with Gasteiger partial charge in [-0.1, -0.05) is 43.3 Å². The molecule has 0 saturated carbocycles. The molecule has 5 nitrogen and oxygen atoms in total. The first-order valence-electron chi connectivity index (χ1n) is 10.2. The highest BCUT2D eigenvalue weighted by atomic mass is 32.1. The minimum atomic E-state index is -0.633. The number of nitrogens with zero attached hydrogens (tertiary/aromatic N) is 1. The van der Waals surface area contributed by atoms with Crippen LogP contribution in [0.25, 0.3) is 16.8 Å². The number of carbonyl (C=O) groups excluding carboxylic acids is 2. The smallest absolute Gasteiger partial charge is 0.270 e. The van der Waals surface area contributed by atoms with Gasteiger partial charge >= 0.3 is 0 Å². The van der Waals surface area contributed by atoms with E-state index in [9.17, 15) is 14.0 Å². The number of ether oxygens (including phenoxy) is 1. The van der Waals surface area contributed by atoms with Crippen molar-refractivity contribution in [3.05, 3.63) is 77.6 Å². The Balaban J connectivity index is 1.86. The molecule has 162 valence electrons. The largest absolute Gasteiger partial charge is 0.490 e. The monoisotopic (exact) mass is 448 g/mol. The maximum atomic E-state index is 13.8. The first-order valence-corrected chi connectivity index (χ1v) is 10.6. The zero-order valence-electron chi connectivity index (χ0n) is 17.6. The molecule has 1 atom stereocenters. The number of nitrogens with one attached hydrogen (secondary N) is 1. The van der Waals surface area contributed by atoms with E-state index in [4.69, 9.17) is 17.0 Å². The number of hydrogen-bond donors (Lipinski definition) is 1. The van der Waals surface area contributed by atoms with Crippen LogP contribution in [0.1, 0.15) is 25.8 Å². The van der Waals surface area contributed by atoms with E-state index in [1.807, 2.05) is 50.2 Å². The van der Waals surface area contributed by atoms with Gasteiger partial charge in [-0.05, 0) is 66.7 Å². The molecule has 3 aromatic rings. The number of thiocarbonyl (C=S) groups is 1. The van der Waals surface area contributed by atoms with Gasteiger partial charge in [0.25, 0.3) is 11.8 Å². The van der Waals surface area contributed by atoms with Gasteiger partial charge in [0.2, 0.25) is 0 Å². The van der Waals surface area contributed by atoms with Gasteiger partial charge in [0.05, 0.1) is 11.8 Å². The van der Waals surface area contributed by atoms with E-state index in [0.717, 1.165) is 22.1 Å². The van der Waals surface area contributed by atoms with E-state index in [1.54, 1.807) is 6.07 Å². The van der Waals surface area contributed by atoms with Crippen LogP contribution in [-0.4, -0.2) is 23.0 Å². The fourth-order valence-corrected chi connectivity index (χ4v) is 3.76. The van der Waals surface area contributed by atoms with Crippen molar-refractivity contribution < 1.29 is 18.7 Å². The molecule has 1 fully saturated rings. The molecule has 0 unspecified atom stereocenters. The van der Waals surface area contributed by atoms with Gasteiger partial charge in [-0.3, -0.25) is 19.8 Å². The second-order valence-corrected chi connectivity index (χ2v) is 7.86. The lowest BCUT2D eigenvalue weighted by molar-refractivity contribution is -0.122. The van der Waals surface area contributed by atoms with Crippen LogP contribution in [0.15, 0.2) is 66.2 Å². The van der Waals surface area contributed by atoms with E-state index in [1.165, 1.54) is 24.3 Å². The third-order valence-electron chi connectivity index (χ3n) is 5.29. The first-order chi connectivity index (χ1) is 15.4. The summed E-state index contributed by atoms with van der Waals surface area (Å²) < 4.78 is 19.9. The van der Waals surface area contributed by atoms with E-state index < -0.39 is 17.6 Å². The molecule has 32 heavy (non-hydrogen) atoms. The van der Waals surface area contributed by atoms with Crippen molar-refractivity contribution in [3.63, 3.8) is 0 Å². The van der Waals surface area contributed by atoms with Crippen LogP contribution in [0.2, 0.25) is 0 Å². The molecule has 0 bridgehead atoms. The average Bonchev–Trinajstić information content (AvgIpc) is 2.77. The zero-order chi connectivity index (χ0) is 22.8. The van der Waals surface area contributed by atoms with Crippen LogP contribution in [0.4, 0.5) is 10.1 Å². The van der Waals surface area contributed by atoms with Gasteiger partial charge in [0.1, 0.15) is 17.1 Å².